The van der Waals surface area contributed by atoms with Crippen LogP contribution >= 0.6 is 0 Å². The highest BCUT2D eigenvalue weighted by Crippen LogP contribution is 2.42. The average molecular weight is 283 g/mol. The van der Waals surface area contributed by atoms with Crippen LogP contribution in [0.1, 0.15) is 35.3 Å². The monoisotopic (exact) mass is 283 g/mol. The van der Waals surface area contributed by atoms with Gasteiger partial charge in [-0.1, -0.05) is 48.5 Å². The van der Waals surface area contributed by atoms with Crippen molar-refractivity contribution in [3.8, 4) is 0 Å². The van der Waals surface area contributed by atoms with E-state index in [1.807, 2.05) is 32.0 Å². The molecule has 2 aromatic rings. The molecule has 1 unspecified atom stereocenters. The van der Waals surface area contributed by atoms with Gasteiger partial charge in [-0.3, -0.25) is 9.63 Å². The van der Waals surface area contributed by atoms with E-state index in [2.05, 4.69) is 0 Å². The number of hydrogen-bond donors (Lipinski definition) is 1. The highest BCUT2D eigenvalue weighted by Gasteiger charge is 2.51. The Morgan fingerprint density at radius 3 is 2.33 bits per heavy atom. The molecule has 0 bridgehead atoms. The van der Waals surface area contributed by atoms with E-state index < -0.39 is 5.72 Å². The van der Waals surface area contributed by atoms with Gasteiger partial charge in [-0.25, -0.2) is 0 Å². The van der Waals surface area contributed by atoms with E-state index in [1.165, 1.54) is 0 Å². The smallest absolute Gasteiger partial charge is 0.281 e. The summed E-state index contributed by atoms with van der Waals surface area (Å²) < 4.78 is 0. The molecule has 1 heterocycles. The molecule has 1 aliphatic heterocycles. The Morgan fingerprint density at radius 1 is 1.05 bits per heavy atom. The van der Waals surface area contributed by atoms with Crippen LogP contribution in [-0.4, -0.2) is 22.2 Å². The minimum Gasteiger partial charge on any atom is -0.361 e. The average Bonchev–Trinajstić information content (AvgIpc) is 2.71. The van der Waals surface area contributed by atoms with Crippen LogP contribution in [0, 0.1) is 0 Å². The quantitative estimate of drug-likeness (QED) is 0.942. The van der Waals surface area contributed by atoms with Crippen LogP contribution in [0.25, 0.3) is 0 Å². The Morgan fingerprint density at radius 2 is 1.67 bits per heavy atom. The lowest BCUT2D eigenvalue weighted by Gasteiger charge is -2.34. The van der Waals surface area contributed by atoms with Crippen LogP contribution in [0.15, 0.2) is 54.6 Å². The molecule has 0 aliphatic carbocycles. The summed E-state index contributed by atoms with van der Waals surface area (Å²) in [5, 5.41) is 12.4. The van der Waals surface area contributed by atoms with E-state index in [1.54, 1.807) is 36.4 Å². The van der Waals surface area contributed by atoms with Crippen molar-refractivity contribution in [1.82, 2.24) is 5.06 Å². The highest BCUT2D eigenvalue weighted by atomic mass is 16.7. The van der Waals surface area contributed by atoms with Gasteiger partial charge in [0.15, 0.2) is 0 Å². The van der Waals surface area contributed by atoms with Gasteiger partial charge in [0, 0.05) is 11.1 Å². The number of benzene rings is 2. The van der Waals surface area contributed by atoms with Crippen LogP contribution in [-0.2, 0) is 10.6 Å². The standard InChI is InChI=1S/C17H17NO3/c1-12(2)21-18-16(19)14-10-6-7-11-15(14)17(18,20)13-8-4-3-5-9-13/h3-12,20H,1-2H3. The number of hydroxylamine groups is 2. The summed E-state index contributed by atoms with van der Waals surface area (Å²) in [7, 11) is 0. The van der Waals surface area contributed by atoms with Crippen LogP contribution in [0.2, 0.25) is 0 Å². The first-order valence-electron chi connectivity index (χ1n) is 6.94. The van der Waals surface area contributed by atoms with Crippen molar-refractivity contribution in [1.29, 1.82) is 0 Å². The molecule has 4 heteroatoms. The third kappa shape index (κ3) is 2.04. The van der Waals surface area contributed by atoms with Crippen LogP contribution in [0.3, 0.4) is 0 Å². The van der Waals surface area contributed by atoms with Crippen LogP contribution < -0.4 is 0 Å². The summed E-state index contributed by atoms with van der Waals surface area (Å²) in [5.74, 6) is -0.328. The second-order valence-electron chi connectivity index (χ2n) is 5.34. The fraction of sp³-hybridized carbons (Fsp3) is 0.235. The molecule has 0 fully saturated rings. The normalized spacial score (nSPS) is 21.0. The molecule has 0 saturated carbocycles. The third-order valence-corrected chi connectivity index (χ3v) is 3.50. The van der Waals surface area contributed by atoms with E-state index in [4.69, 9.17) is 4.84 Å². The fourth-order valence-electron chi connectivity index (χ4n) is 2.62. The number of aliphatic hydroxyl groups is 1. The molecule has 3 rings (SSSR count). The molecular formula is C17H17NO3. The Hall–Kier alpha value is -2.17. The number of amides is 1. The Kier molecular flexibility index (Phi) is 3.27. The summed E-state index contributed by atoms with van der Waals surface area (Å²) in [6.45, 7) is 3.64. The minimum absolute atomic E-state index is 0.224. The molecule has 108 valence electrons. The maximum absolute atomic E-state index is 12.6. The van der Waals surface area contributed by atoms with Gasteiger partial charge in [-0.2, -0.15) is 5.06 Å². The molecule has 4 nitrogen and oxygen atoms in total. The van der Waals surface area contributed by atoms with Crippen molar-refractivity contribution >= 4 is 5.91 Å². The zero-order valence-electron chi connectivity index (χ0n) is 12.0. The zero-order valence-corrected chi connectivity index (χ0v) is 12.0. The number of carbonyl (C=O) groups excluding carboxylic acids is 1. The number of fused-ring (bicyclic) bond motifs is 1. The predicted molar refractivity (Wildman–Crippen MR) is 78.3 cm³/mol. The van der Waals surface area contributed by atoms with Crippen molar-refractivity contribution in [2.45, 2.75) is 25.7 Å². The molecule has 1 amide bonds. The summed E-state index contributed by atoms with van der Waals surface area (Å²) in [6, 6.07) is 16.1. The lowest BCUT2D eigenvalue weighted by atomic mass is 9.94. The highest BCUT2D eigenvalue weighted by molar-refractivity contribution is 5.99. The summed E-state index contributed by atoms with van der Waals surface area (Å²) in [4.78, 5) is 18.2. The van der Waals surface area contributed by atoms with Gasteiger partial charge < -0.3 is 5.11 Å². The van der Waals surface area contributed by atoms with E-state index in [-0.39, 0.29) is 12.0 Å². The Bertz CT molecular complexity index is 669. The third-order valence-electron chi connectivity index (χ3n) is 3.50. The maximum Gasteiger partial charge on any atom is 0.281 e. The first kappa shape index (κ1) is 13.8. The summed E-state index contributed by atoms with van der Waals surface area (Å²) in [6.07, 6.45) is -0.224. The Labute approximate surface area is 123 Å². The van der Waals surface area contributed by atoms with E-state index in [9.17, 15) is 9.90 Å². The molecule has 21 heavy (non-hydrogen) atoms. The van der Waals surface area contributed by atoms with Gasteiger partial charge in [0.05, 0.1) is 11.7 Å². The largest absolute Gasteiger partial charge is 0.361 e. The molecular weight excluding hydrogens is 266 g/mol. The lowest BCUT2D eigenvalue weighted by molar-refractivity contribution is -0.257. The molecule has 0 saturated heterocycles. The topological polar surface area (TPSA) is 49.8 Å². The van der Waals surface area contributed by atoms with Gasteiger partial charge in [-0.05, 0) is 19.9 Å². The van der Waals surface area contributed by atoms with Crippen molar-refractivity contribution < 1.29 is 14.7 Å². The molecule has 2 aromatic carbocycles. The van der Waals surface area contributed by atoms with Gasteiger partial charge in [-0.15, -0.1) is 0 Å². The number of carbonyl (C=O) groups is 1. The van der Waals surface area contributed by atoms with E-state index in [0.29, 0.717) is 16.7 Å². The van der Waals surface area contributed by atoms with Crippen molar-refractivity contribution in [2.75, 3.05) is 0 Å². The maximum atomic E-state index is 12.6. The molecule has 0 spiro atoms. The molecule has 0 aromatic heterocycles. The minimum atomic E-state index is -1.60. The van der Waals surface area contributed by atoms with Crippen molar-refractivity contribution in [2.24, 2.45) is 0 Å². The second kappa shape index (κ2) is 4.98. The summed E-state index contributed by atoms with van der Waals surface area (Å²) >= 11 is 0. The molecule has 1 atom stereocenters. The molecule has 0 radical (unpaired) electrons. The van der Waals surface area contributed by atoms with Crippen molar-refractivity contribution in [3.63, 3.8) is 0 Å². The lowest BCUT2D eigenvalue weighted by Crippen LogP contribution is -2.45. The number of rotatable bonds is 3. The van der Waals surface area contributed by atoms with Gasteiger partial charge >= 0.3 is 0 Å². The first-order valence-corrected chi connectivity index (χ1v) is 6.94. The van der Waals surface area contributed by atoms with Crippen LogP contribution in [0.5, 0.6) is 0 Å². The van der Waals surface area contributed by atoms with Gasteiger partial charge in [0.2, 0.25) is 5.72 Å². The Balaban J connectivity index is 2.20. The zero-order chi connectivity index (χ0) is 15.0. The van der Waals surface area contributed by atoms with Crippen molar-refractivity contribution in [3.05, 3.63) is 71.3 Å². The first-order chi connectivity index (χ1) is 10.0. The predicted octanol–water partition coefficient (Wildman–Crippen LogP) is 2.68. The van der Waals surface area contributed by atoms with Gasteiger partial charge in [0.1, 0.15) is 0 Å². The summed E-state index contributed by atoms with van der Waals surface area (Å²) in [5.41, 5.74) is 0.00875. The number of nitrogens with zero attached hydrogens (tertiary/aromatic N) is 1. The van der Waals surface area contributed by atoms with Gasteiger partial charge in [0.25, 0.3) is 5.91 Å². The second-order valence-corrected chi connectivity index (χ2v) is 5.34. The molecule has 1 aliphatic rings. The van der Waals surface area contributed by atoms with E-state index >= 15 is 0 Å². The number of hydrogen-bond acceptors (Lipinski definition) is 3. The SMILES string of the molecule is CC(C)ON1C(=O)c2ccccc2C1(O)c1ccccc1. The van der Waals surface area contributed by atoms with Crippen LogP contribution in [0.4, 0.5) is 0 Å². The fourth-order valence-corrected chi connectivity index (χ4v) is 2.62. The molecule has 1 N–H and O–H groups in total. The van der Waals surface area contributed by atoms with E-state index in [0.717, 1.165) is 5.06 Å².